The molecule has 3 N–H and O–H groups in total. The molecule has 1 saturated heterocycles. The molecule has 0 saturated carbocycles. The second kappa shape index (κ2) is 11.6. The van der Waals surface area contributed by atoms with Crippen LogP contribution in [0.25, 0.3) is 0 Å². The summed E-state index contributed by atoms with van der Waals surface area (Å²) < 4.78 is 40.2. The van der Waals surface area contributed by atoms with Gasteiger partial charge in [0, 0.05) is 19.1 Å². The van der Waals surface area contributed by atoms with Crippen LogP contribution in [0.15, 0.2) is 29.3 Å². The predicted molar refractivity (Wildman–Crippen MR) is 111 cm³/mol. The van der Waals surface area contributed by atoms with E-state index in [2.05, 4.69) is 26.9 Å². The molecule has 1 heterocycles. The lowest BCUT2D eigenvalue weighted by atomic mass is 10.0. The Morgan fingerprint density at radius 1 is 1.30 bits per heavy atom. The Kier molecular flexibility index (Phi) is 10.2. The Hall–Kier alpha value is -1.23. The summed E-state index contributed by atoms with van der Waals surface area (Å²) in [5, 5.41) is 3.08. The molecule has 1 aliphatic rings. The maximum absolute atomic E-state index is 12.1. The van der Waals surface area contributed by atoms with Crippen molar-refractivity contribution in [3.63, 3.8) is 0 Å². The quantitative estimate of drug-likeness (QED) is 0.258. The number of ether oxygens (including phenoxy) is 1. The van der Waals surface area contributed by atoms with Crippen molar-refractivity contribution >= 4 is 29.9 Å². The highest BCUT2D eigenvalue weighted by Crippen LogP contribution is 2.22. The molecule has 0 spiro atoms. The highest BCUT2D eigenvalue weighted by atomic mass is 127. The van der Waals surface area contributed by atoms with Crippen LogP contribution >= 0.6 is 24.0 Å². The fraction of sp³-hybridized carbons (Fsp3) is 0.611. The first kappa shape index (κ1) is 23.8. The minimum atomic E-state index is -4.68. The third-order valence-electron chi connectivity index (χ3n) is 4.46. The topological polar surface area (TPSA) is 62.9 Å². The van der Waals surface area contributed by atoms with E-state index in [4.69, 9.17) is 5.73 Å². The van der Waals surface area contributed by atoms with Gasteiger partial charge in [0.1, 0.15) is 5.75 Å². The van der Waals surface area contributed by atoms with E-state index in [0.29, 0.717) is 18.5 Å². The second-order valence-corrected chi connectivity index (χ2v) is 6.55. The highest BCUT2D eigenvalue weighted by molar-refractivity contribution is 14.0. The number of guanidine groups is 1. The lowest BCUT2D eigenvalue weighted by Crippen LogP contribution is -2.40. The van der Waals surface area contributed by atoms with E-state index < -0.39 is 6.36 Å². The SMILES string of the molecule is CC1CCCCN1CCCNC(N)=NCc1ccc(OC(F)(F)F)cc1.I. The summed E-state index contributed by atoms with van der Waals surface area (Å²) >= 11 is 0. The summed E-state index contributed by atoms with van der Waals surface area (Å²) in [5.41, 5.74) is 6.59. The number of halogens is 4. The van der Waals surface area contributed by atoms with Gasteiger partial charge in [-0.2, -0.15) is 0 Å². The van der Waals surface area contributed by atoms with Crippen LogP contribution in [0.4, 0.5) is 13.2 Å². The molecule has 1 atom stereocenters. The standard InChI is InChI=1S/C18H27F3N4O.HI/c1-14-5-2-3-11-25(14)12-4-10-23-17(22)24-13-15-6-8-16(9-7-15)26-18(19,20)21;/h6-9,14H,2-5,10-13H2,1H3,(H3,22,23,24);1H. The van der Waals surface area contributed by atoms with E-state index in [0.717, 1.165) is 25.1 Å². The van der Waals surface area contributed by atoms with Gasteiger partial charge in [0.05, 0.1) is 6.54 Å². The molecule has 1 aromatic carbocycles. The van der Waals surface area contributed by atoms with Crippen LogP contribution in [0.5, 0.6) is 5.75 Å². The number of likely N-dealkylation sites (tertiary alicyclic amines) is 1. The normalized spacial score (nSPS) is 18.7. The van der Waals surface area contributed by atoms with E-state index in [1.54, 1.807) is 0 Å². The van der Waals surface area contributed by atoms with Crippen molar-refractivity contribution < 1.29 is 17.9 Å². The van der Waals surface area contributed by atoms with Gasteiger partial charge in [0.15, 0.2) is 5.96 Å². The fourth-order valence-corrected chi connectivity index (χ4v) is 3.02. The third kappa shape index (κ3) is 9.50. The average molecular weight is 500 g/mol. The van der Waals surface area contributed by atoms with Gasteiger partial charge >= 0.3 is 6.36 Å². The molecule has 0 aromatic heterocycles. The number of rotatable bonds is 7. The van der Waals surface area contributed by atoms with Crippen LogP contribution in [0, 0.1) is 0 Å². The molecule has 1 aliphatic heterocycles. The molecule has 154 valence electrons. The van der Waals surface area contributed by atoms with Gasteiger partial charge in [-0.05, 0) is 50.4 Å². The Bertz CT molecular complexity index is 581. The second-order valence-electron chi connectivity index (χ2n) is 6.55. The molecule has 9 heteroatoms. The minimum absolute atomic E-state index is 0. The number of benzene rings is 1. The molecular formula is C18H28F3IN4O. The Morgan fingerprint density at radius 2 is 2.00 bits per heavy atom. The minimum Gasteiger partial charge on any atom is -0.406 e. The summed E-state index contributed by atoms with van der Waals surface area (Å²) in [6, 6.07) is 6.26. The molecule has 2 rings (SSSR count). The van der Waals surface area contributed by atoms with E-state index in [-0.39, 0.29) is 29.7 Å². The van der Waals surface area contributed by atoms with Crippen molar-refractivity contribution in [2.45, 2.75) is 51.6 Å². The van der Waals surface area contributed by atoms with Crippen molar-refractivity contribution in [3.8, 4) is 5.75 Å². The van der Waals surface area contributed by atoms with E-state index in [9.17, 15) is 13.2 Å². The van der Waals surface area contributed by atoms with Crippen LogP contribution in [0.1, 0.15) is 38.2 Å². The number of alkyl halides is 3. The number of aliphatic imine (C=N–C) groups is 1. The number of piperidine rings is 1. The van der Waals surface area contributed by atoms with Crippen LogP contribution < -0.4 is 15.8 Å². The monoisotopic (exact) mass is 500 g/mol. The van der Waals surface area contributed by atoms with Crippen molar-refractivity contribution in [2.75, 3.05) is 19.6 Å². The maximum Gasteiger partial charge on any atom is 0.573 e. The van der Waals surface area contributed by atoms with Gasteiger partial charge in [-0.3, -0.25) is 0 Å². The summed E-state index contributed by atoms with van der Waals surface area (Å²) in [5.74, 6) is 0.0931. The first-order chi connectivity index (χ1) is 12.3. The molecule has 1 fully saturated rings. The Labute approximate surface area is 175 Å². The average Bonchev–Trinajstić information content (AvgIpc) is 2.58. The van der Waals surface area contributed by atoms with E-state index >= 15 is 0 Å². The summed E-state index contributed by atoms with van der Waals surface area (Å²) in [6.07, 6.45) is 0.168. The number of nitrogens with one attached hydrogen (secondary N) is 1. The summed E-state index contributed by atoms with van der Waals surface area (Å²) in [7, 11) is 0. The number of nitrogens with two attached hydrogens (primary N) is 1. The first-order valence-corrected chi connectivity index (χ1v) is 8.96. The molecule has 27 heavy (non-hydrogen) atoms. The van der Waals surface area contributed by atoms with Crippen LogP contribution in [0.2, 0.25) is 0 Å². The number of hydrogen-bond donors (Lipinski definition) is 2. The lowest BCUT2D eigenvalue weighted by Gasteiger charge is -2.33. The third-order valence-corrected chi connectivity index (χ3v) is 4.46. The van der Waals surface area contributed by atoms with E-state index in [1.165, 1.54) is 50.1 Å². The molecule has 1 aromatic rings. The molecule has 0 bridgehead atoms. The summed E-state index contributed by atoms with van der Waals surface area (Å²) in [6.45, 7) is 5.53. The van der Waals surface area contributed by atoms with Gasteiger partial charge in [-0.1, -0.05) is 18.6 Å². The molecule has 0 amide bonds. The summed E-state index contributed by atoms with van der Waals surface area (Å²) in [4.78, 5) is 6.71. The highest BCUT2D eigenvalue weighted by Gasteiger charge is 2.30. The number of nitrogens with zero attached hydrogens (tertiary/aromatic N) is 2. The Morgan fingerprint density at radius 3 is 2.63 bits per heavy atom. The van der Waals surface area contributed by atoms with Gasteiger partial charge in [0.25, 0.3) is 0 Å². The van der Waals surface area contributed by atoms with E-state index in [1.807, 2.05) is 0 Å². The van der Waals surface area contributed by atoms with Gasteiger partial charge < -0.3 is 20.7 Å². The van der Waals surface area contributed by atoms with Crippen molar-refractivity contribution in [1.29, 1.82) is 0 Å². The van der Waals surface area contributed by atoms with Crippen LogP contribution in [-0.2, 0) is 6.54 Å². The fourth-order valence-electron chi connectivity index (χ4n) is 3.02. The zero-order chi connectivity index (χ0) is 19.0. The van der Waals surface area contributed by atoms with Crippen LogP contribution in [0.3, 0.4) is 0 Å². The zero-order valence-electron chi connectivity index (χ0n) is 15.5. The predicted octanol–water partition coefficient (Wildman–Crippen LogP) is 3.87. The maximum atomic E-state index is 12.1. The van der Waals surface area contributed by atoms with Gasteiger partial charge in [-0.25, -0.2) is 4.99 Å². The molecule has 1 unspecified atom stereocenters. The molecule has 5 nitrogen and oxygen atoms in total. The number of hydrogen-bond acceptors (Lipinski definition) is 3. The molecule has 0 radical (unpaired) electrons. The Balaban J connectivity index is 0.00000364. The van der Waals surface area contributed by atoms with Crippen molar-refractivity contribution in [2.24, 2.45) is 10.7 Å². The first-order valence-electron chi connectivity index (χ1n) is 8.96. The molecule has 0 aliphatic carbocycles. The smallest absolute Gasteiger partial charge is 0.406 e. The molecular weight excluding hydrogens is 472 g/mol. The largest absolute Gasteiger partial charge is 0.573 e. The zero-order valence-corrected chi connectivity index (χ0v) is 17.8. The van der Waals surface area contributed by atoms with Crippen molar-refractivity contribution in [3.05, 3.63) is 29.8 Å². The lowest BCUT2D eigenvalue weighted by molar-refractivity contribution is -0.274. The van der Waals surface area contributed by atoms with Gasteiger partial charge in [0.2, 0.25) is 0 Å². The van der Waals surface area contributed by atoms with Gasteiger partial charge in [-0.15, -0.1) is 37.1 Å². The van der Waals surface area contributed by atoms with Crippen molar-refractivity contribution in [1.82, 2.24) is 10.2 Å². The van der Waals surface area contributed by atoms with Crippen LogP contribution in [-0.4, -0.2) is 42.9 Å².